The number of hydrogen-bond acceptors (Lipinski definition) is 5. The summed E-state index contributed by atoms with van der Waals surface area (Å²) in [6.45, 7) is 0. The molecule has 0 fully saturated rings. The molecule has 0 spiro atoms. The van der Waals surface area contributed by atoms with Crippen molar-refractivity contribution >= 4 is 27.7 Å². The van der Waals surface area contributed by atoms with Gasteiger partial charge < -0.3 is 11.5 Å². The maximum absolute atomic E-state index is 14.0. The number of nitriles is 1. The van der Waals surface area contributed by atoms with Crippen molar-refractivity contribution in [3.05, 3.63) is 33.6 Å². The van der Waals surface area contributed by atoms with Gasteiger partial charge in [-0.25, -0.2) is 18.2 Å². The summed E-state index contributed by atoms with van der Waals surface area (Å²) in [4.78, 5) is 7.20. The third-order valence-corrected chi connectivity index (χ3v) is 3.12. The summed E-state index contributed by atoms with van der Waals surface area (Å²) < 4.78 is 39.9. The second kappa shape index (κ2) is 4.97. The van der Waals surface area contributed by atoms with Crippen molar-refractivity contribution in [1.82, 2.24) is 9.97 Å². The van der Waals surface area contributed by atoms with Crippen molar-refractivity contribution in [3.8, 4) is 17.3 Å². The SMILES string of the molecule is N#Cc1c(N)nc(N)nc1-c1cc(F)c(F)c(Br)c1F. The molecule has 0 aliphatic carbocycles. The molecule has 0 saturated heterocycles. The number of benzene rings is 1. The number of aromatic nitrogens is 2. The topological polar surface area (TPSA) is 102 Å². The van der Waals surface area contributed by atoms with Gasteiger partial charge in [0, 0.05) is 5.56 Å². The van der Waals surface area contributed by atoms with E-state index in [1.807, 2.05) is 0 Å². The van der Waals surface area contributed by atoms with Crippen LogP contribution in [-0.2, 0) is 0 Å². The van der Waals surface area contributed by atoms with Crippen molar-refractivity contribution in [2.45, 2.75) is 0 Å². The fraction of sp³-hybridized carbons (Fsp3) is 0. The highest BCUT2D eigenvalue weighted by molar-refractivity contribution is 9.10. The van der Waals surface area contributed by atoms with Crippen molar-refractivity contribution < 1.29 is 13.2 Å². The molecule has 0 aliphatic heterocycles. The minimum Gasteiger partial charge on any atom is -0.382 e. The number of rotatable bonds is 1. The first-order valence-electron chi connectivity index (χ1n) is 5.03. The zero-order chi connectivity index (χ0) is 15.0. The Hall–Kier alpha value is -2.34. The summed E-state index contributed by atoms with van der Waals surface area (Å²) in [5.74, 6) is -4.43. The number of hydrogen-bond donors (Lipinski definition) is 2. The first-order chi connectivity index (χ1) is 9.36. The molecule has 9 heteroatoms. The van der Waals surface area contributed by atoms with E-state index in [0.29, 0.717) is 6.07 Å². The molecule has 2 aromatic rings. The highest BCUT2D eigenvalue weighted by Crippen LogP contribution is 2.33. The van der Waals surface area contributed by atoms with Crippen LogP contribution in [0.15, 0.2) is 10.5 Å². The number of anilines is 2. The molecule has 102 valence electrons. The zero-order valence-corrected chi connectivity index (χ0v) is 11.2. The van der Waals surface area contributed by atoms with Crippen LogP contribution in [0.4, 0.5) is 24.9 Å². The molecule has 5 nitrogen and oxygen atoms in total. The second-order valence-electron chi connectivity index (χ2n) is 3.65. The maximum atomic E-state index is 14.0. The monoisotopic (exact) mass is 343 g/mol. The van der Waals surface area contributed by atoms with Gasteiger partial charge in [0.05, 0.1) is 10.2 Å². The smallest absolute Gasteiger partial charge is 0.222 e. The highest BCUT2D eigenvalue weighted by atomic mass is 79.9. The van der Waals surface area contributed by atoms with E-state index >= 15 is 0 Å². The third kappa shape index (κ3) is 2.14. The van der Waals surface area contributed by atoms with Gasteiger partial charge >= 0.3 is 0 Å². The van der Waals surface area contributed by atoms with Crippen LogP contribution in [-0.4, -0.2) is 9.97 Å². The molecule has 0 atom stereocenters. The molecule has 4 N–H and O–H groups in total. The maximum Gasteiger partial charge on any atom is 0.222 e. The number of nitrogens with two attached hydrogens (primary N) is 2. The van der Waals surface area contributed by atoms with Crippen LogP contribution in [0.5, 0.6) is 0 Å². The number of nitrogen functional groups attached to an aromatic ring is 2. The minimum absolute atomic E-state index is 0.281. The molecule has 0 unspecified atom stereocenters. The van der Waals surface area contributed by atoms with Crippen molar-refractivity contribution in [2.24, 2.45) is 0 Å². The minimum atomic E-state index is -1.39. The standard InChI is InChI=1S/C11H5BrF3N5/c12-6-7(14)3(1-5(13)8(6)15)9-4(2-16)10(17)20-11(18)19-9/h1H,(H4,17,18,19,20). The molecule has 1 heterocycles. The summed E-state index contributed by atoms with van der Waals surface area (Å²) in [6, 6.07) is 2.23. The van der Waals surface area contributed by atoms with E-state index in [0.717, 1.165) is 0 Å². The Bertz CT molecular complexity index is 757. The Kier molecular flexibility index (Phi) is 3.50. The van der Waals surface area contributed by atoms with Gasteiger partial charge in [-0.15, -0.1) is 0 Å². The van der Waals surface area contributed by atoms with Gasteiger partial charge in [-0.2, -0.15) is 10.2 Å². The number of halogens is 4. The average molecular weight is 344 g/mol. The van der Waals surface area contributed by atoms with Gasteiger partial charge in [-0.1, -0.05) is 0 Å². The van der Waals surface area contributed by atoms with Crippen molar-refractivity contribution in [3.63, 3.8) is 0 Å². The van der Waals surface area contributed by atoms with Crippen molar-refractivity contribution in [2.75, 3.05) is 11.5 Å². The summed E-state index contributed by atoms with van der Waals surface area (Å²) in [7, 11) is 0. The fourth-order valence-corrected chi connectivity index (χ4v) is 1.95. The second-order valence-corrected chi connectivity index (χ2v) is 4.44. The molecule has 20 heavy (non-hydrogen) atoms. The molecule has 0 amide bonds. The molecule has 0 bridgehead atoms. The lowest BCUT2D eigenvalue weighted by Crippen LogP contribution is -2.06. The van der Waals surface area contributed by atoms with Gasteiger partial charge in [0.25, 0.3) is 0 Å². The van der Waals surface area contributed by atoms with Crippen LogP contribution < -0.4 is 11.5 Å². The Labute approximate surface area is 119 Å². The molecule has 0 saturated carbocycles. The van der Waals surface area contributed by atoms with E-state index < -0.39 is 27.5 Å². The summed E-state index contributed by atoms with van der Waals surface area (Å²) in [5, 5.41) is 8.98. The Morgan fingerprint density at radius 1 is 1.15 bits per heavy atom. The normalized spacial score (nSPS) is 10.3. The van der Waals surface area contributed by atoms with Crippen LogP contribution in [0, 0.1) is 28.8 Å². The van der Waals surface area contributed by atoms with E-state index in [-0.39, 0.29) is 23.0 Å². The summed E-state index contributed by atoms with van der Waals surface area (Å²) in [5.41, 5.74) is 9.79. The summed E-state index contributed by atoms with van der Waals surface area (Å²) >= 11 is 2.58. The quantitative estimate of drug-likeness (QED) is 0.611. The lowest BCUT2D eigenvalue weighted by molar-refractivity contribution is 0.489. The van der Waals surface area contributed by atoms with Gasteiger partial charge in [0.1, 0.15) is 23.3 Å². The molecular weight excluding hydrogens is 339 g/mol. The molecule has 2 rings (SSSR count). The van der Waals surface area contributed by atoms with Gasteiger partial charge in [0.15, 0.2) is 11.6 Å². The third-order valence-electron chi connectivity index (χ3n) is 2.42. The van der Waals surface area contributed by atoms with Gasteiger partial charge in [0.2, 0.25) is 5.95 Å². The van der Waals surface area contributed by atoms with Crippen LogP contribution in [0.2, 0.25) is 0 Å². The Morgan fingerprint density at radius 3 is 2.40 bits per heavy atom. The molecule has 1 aromatic heterocycles. The van der Waals surface area contributed by atoms with Crippen LogP contribution in [0.25, 0.3) is 11.3 Å². The number of nitrogens with zero attached hydrogens (tertiary/aromatic N) is 3. The van der Waals surface area contributed by atoms with Crippen LogP contribution in [0.1, 0.15) is 5.56 Å². The molecular formula is C11H5BrF3N5. The Morgan fingerprint density at radius 2 is 1.80 bits per heavy atom. The van der Waals surface area contributed by atoms with Gasteiger partial charge in [-0.3, -0.25) is 0 Å². The van der Waals surface area contributed by atoms with Crippen LogP contribution in [0.3, 0.4) is 0 Å². The van der Waals surface area contributed by atoms with E-state index in [1.54, 1.807) is 6.07 Å². The zero-order valence-electron chi connectivity index (χ0n) is 9.59. The average Bonchev–Trinajstić information content (AvgIpc) is 2.39. The molecule has 0 radical (unpaired) electrons. The molecule has 0 aliphatic rings. The predicted octanol–water partition coefficient (Wildman–Crippen LogP) is 2.36. The van der Waals surface area contributed by atoms with E-state index in [1.165, 1.54) is 0 Å². The largest absolute Gasteiger partial charge is 0.382 e. The lowest BCUT2D eigenvalue weighted by atomic mass is 10.1. The van der Waals surface area contributed by atoms with E-state index in [4.69, 9.17) is 16.7 Å². The van der Waals surface area contributed by atoms with Crippen LogP contribution >= 0.6 is 15.9 Å². The van der Waals surface area contributed by atoms with E-state index in [9.17, 15) is 13.2 Å². The highest BCUT2D eigenvalue weighted by Gasteiger charge is 2.22. The first kappa shape index (κ1) is 14.1. The fourth-order valence-electron chi connectivity index (χ4n) is 1.55. The summed E-state index contributed by atoms with van der Waals surface area (Å²) in [6.07, 6.45) is 0. The molecule has 1 aromatic carbocycles. The van der Waals surface area contributed by atoms with Gasteiger partial charge in [-0.05, 0) is 22.0 Å². The lowest BCUT2D eigenvalue weighted by Gasteiger charge is -2.09. The first-order valence-corrected chi connectivity index (χ1v) is 5.82. The van der Waals surface area contributed by atoms with E-state index in [2.05, 4.69) is 25.9 Å². The Balaban J connectivity index is 2.86. The van der Waals surface area contributed by atoms with Crippen molar-refractivity contribution in [1.29, 1.82) is 5.26 Å². The predicted molar refractivity (Wildman–Crippen MR) is 68.6 cm³/mol.